The molecule has 0 bridgehead atoms. The fourth-order valence-electron chi connectivity index (χ4n) is 3.23. The van der Waals surface area contributed by atoms with Gasteiger partial charge in [-0.3, -0.25) is 19.2 Å². The van der Waals surface area contributed by atoms with Crippen molar-refractivity contribution in [1.82, 2.24) is 20.9 Å². The van der Waals surface area contributed by atoms with Crippen LogP contribution >= 0.6 is 12.6 Å². The number of H-pyrrole nitrogens is 1. The van der Waals surface area contributed by atoms with Crippen LogP contribution in [0.4, 0.5) is 0 Å². The summed E-state index contributed by atoms with van der Waals surface area (Å²) < 4.78 is 0. The molecule has 0 saturated carbocycles. The molecule has 10 N–H and O–H groups in total. The Bertz CT molecular complexity index is 1090. The monoisotopic (exact) mass is 508 g/mol. The average Bonchev–Trinajstić information content (AvgIpc) is 3.23. The summed E-state index contributed by atoms with van der Waals surface area (Å²) in [6.07, 6.45) is 0.894. The number of aliphatic hydroxyl groups excluding tert-OH is 1. The molecule has 14 heteroatoms. The Morgan fingerprint density at radius 2 is 1.57 bits per heavy atom. The number of carboxylic acid groups (broad SMARTS) is 1. The van der Waals surface area contributed by atoms with E-state index in [2.05, 4.69) is 33.6 Å². The molecule has 0 saturated heterocycles. The number of para-hydroxylation sites is 1. The van der Waals surface area contributed by atoms with Crippen molar-refractivity contribution < 1.29 is 34.2 Å². The zero-order valence-corrected chi connectivity index (χ0v) is 19.5. The van der Waals surface area contributed by atoms with Gasteiger partial charge in [-0.2, -0.15) is 12.6 Å². The molecule has 1 heterocycles. The Hall–Kier alpha value is -3.62. The van der Waals surface area contributed by atoms with Gasteiger partial charge in [0.25, 0.3) is 0 Å². The zero-order valence-electron chi connectivity index (χ0n) is 18.6. The highest BCUT2D eigenvalue weighted by Gasteiger charge is 2.31. The number of amides is 4. The van der Waals surface area contributed by atoms with Crippen molar-refractivity contribution in [2.24, 2.45) is 11.5 Å². The topological polar surface area (TPSA) is 230 Å². The Labute approximate surface area is 205 Å². The highest BCUT2D eigenvalue weighted by atomic mass is 32.1. The summed E-state index contributed by atoms with van der Waals surface area (Å²) in [6.45, 7) is -0.794. The molecule has 0 spiro atoms. The Kier molecular flexibility index (Phi) is 10.1. The summed E-state index contributed by atoms with van der Waals surface area (Å²) in [7, 11) is 0. The van der Waals surface area contributed by atoms with Crippen molar-refractivity contribution in [3.05, 3.63) is 36.0 Å². The van der Waals surface area contributed by atoms with Gasteiger partial charge in [0.1, 0.15) is 18.1 Å². The van der Waals surface area contributed by atoms with Crippen molar-refractivity contribution in [2.45, 2.75) is 37.0 Å². The SMILES string of the molecule is NC(=O)CC(NC(=O)C(Cc1c[nH]c2ccccc12)NC(=O)C(CO)NC(=O)C(N)CS)C(=O)O. The first-order valence-electron chi connectivity index (χ1n) is 10.5. The lowest BCUT2D eigenvalue weighted by Gasteiger charge is -2.24. The summed E-state index contributed by atoms with van der Waals surface area (Å²) in [6, 6.07) is 1.76. The van der Waals surface area contributed by atoms with E-state index in [0.29, 0.717) is 5.56 Å². The maximum atomic E-state index is 13.0. The van der Waals surface area contributed by atoms with Crippen LogP contribution in [-0.4, -0.2) is 81.3 Å². The normalized spacial score (nSPS) is 14.4. The molecule has 0 aliphatic carbocycles. The number of fused-ring (bicyclic) bond motifs is 1. The fraction of sp³-hybridized carbons (Fsp3) is 0.381. The van der Waals surface area contributed by atoms with Crippen molar-refractivity contribution in [2.75, 3.05) is 12.4 Å². The molecular weight excluding hydrogens is 480 g/mol. The number of carboxylic acids is 1. The smallest absolute Gasteiger partial charge is 0.326 e. The molecule has 2 rings (SSSR count). The molecule has 2 aromatic rings. The quantitative estimate of drug-likeness (QED) is 0.130. The summed E-state index contributed by atoms with van der Waals surface area (Å²) in [5.41, 5.74) is 12.0. The number of aliphatic carboxylic acids is 1. The van der Waals surface area contributed by atoms with Crippen LogP contribution < -0.4 is 27.4 Å². The summed E-state index contributed by atoms with van der Waals surface area (Å²) in [5.74, 6) is -5.00. The number of nitrogens with two attached hydrogens (primary N) is 2. The van der Waals surface area contributed by atoms with E-state index >= 15 is 0 Å². The minimum absolute atomic E-state index is 0.00631. The highest BCUT2D eigenvalue weighted by Crippen LogP contribution is 2.19. The van der Waals surface area contributed by atoms with Gasteiger partial charge in [-0.1, -0.05) is 18.2 Å². The van der Waals surface area contributed by atoms with Crippen LogP contribution in [0.15, 0.2) is 30.5 Å². The van der Waals surface area contributed by atoms with Crippen molar-refractivity contribution in [3.63, 3.8) is 0 Å². The Morgan fingerprint density at radius 3 is 2.17 bits per heavy atom. The van der Waals surface area contributed by atoms with E-state index in [1.165, 1.54) is 0 Å². The van der Waals surface area contributed by atoms with Gasteiger partial charge in [-0.15, -0.1) is 0 Å². The number of nitrogens with one attached hydrogen (secondary N) is 4. The third-order valence-corrected chi connectivity index (χ3v) is 5.49. The van der Waals surface area contributed by atoms with Crippen molar-refractivity contribution in [3.8, 4) is 0 Å². The molecule has 4 atom stereocenters. The van der Waals surface area contributed by atoms with Gasteiger partial charge >= 0.3 is 5.97 Å². The Balaban J connectivity index is 2.28. The minimum atomic E-state index is -1.62. The third-order valence-electron chi connectivity index (χ3n) is 5.10. The van der Waals surface area contributed by atoms with E-state index in [1.54, 1.807) is 24.4 Å². The molecular formula is C21H28N6O7S. The van der Waals surface area contributed by atoms with E-state index in [0.717, 1.165) is 10.9 Å². The van der Waals surface area contributed by atoms with Gasteiger partial charge in [0.2, 0.25) is 23.6 Å². The summed E-state index contributed by atoms with van der Waals surface area (Å²) in [4.78, 5) is 63.5. The van der Waals surface area contributed by atoms with E-state index in [-0.39, 0.29) is 12.2 Å². The molecule has 1 aromatic heterocycles. The number of carbonyl (C=O) groups is 5. The van der Waals surface area contributed by atoms with Crippen LogP contribution in [0.5, 0.6) is 0 Å². The largest absolute Gasteiger partial charge is 0.480 e. The van der Waals surface area contributed by atoms with E-state index in [1.807, 2.05) is 6.07 Å². The number of hydrogen-bond donors (Lipinski definition) is 9. The van der Waals surface area contributed by atoms with Crippen molar-refractivity contribution >= 4 is 53.1 Å². The second kappa shape index (κ2) is 12.7. The molecule has 4 amide bonds. The number of thiol groups is 1. The molecule has 0 radical (unpaired) electrons. The van der Waals surface area contributed by atoms with Gasteiger partial charge < -0.3 is 42.6 Å². The molecule has 1 aromatic carbocycles. The number of benzene rings is 1. The van der Waals surface area contributed by atoms with E-state index in [9.17, 15) is 34.2 Å². The van der Waals surface area contributed by atoms with Crippen LogP contribution in [0, 0.1) is 0 Å². The second-order valence-electron chi connectivity index (χ2n) is 7.73. The first kappa shape index (κ1) is 27.6. The number of aromatic nitrogens is 1. The van der Waals surface area contributed by atoms with E-state index in [4.69, 9.17) is 11.5 Å². The summed E-state index contributed by atoms with van der Waals surface area (Å²) >= 11 is 3.91. The molecule has 35 heavy (non-hydrogen) atoms. The van der Waals surface area contributed by atoms with Gasteiger partial charge in [0, 0.05) is 29.3 Å². The van der Waals surface area contributed by atoms with Gasteiger partial charge in [0.15, 0.2) is 0 Å². The predicted molar refractivity (Wildman–Crippen MR) is 128 cm³/mol. The van der Waals surface area contributed by atoms with Gasteiger partial charge in [-0.25, -0.2) is 4.79 Å². The van der Waals surface area contributed by atoms with Gasteiger partial charge in [0.05, 0.1) is 19.1 Å². The lowest BCUT2D eigenvalue weighted by Crippen LogP contribution is -2.58. The van der Waals surface area contributed by atoms with Crippen LogP contribution in [0.25, 0.3) is 10.9 Å². The van der Waals surface area contributed by atoms with Crippen LogP contribution in [0.1, 0.15) is 12.0 Å². The number of primary amides is 1. The fourth-order valence-corrected chi connectivity index (χ4v) is 3.40. The van der Waals surface area contributed by atoms with Crippen molar-refractivity contribution in [1.29, 1.82) is 0 Å². The molecule has 0 aliphatic heterocycles. The predicted octanol–water partition coefficient (Wildman–Crippen LogP) is -2.63. The number of aromatic amines is 1. The number of carbonyl (C=O) groups excluding carboxylic acids is 4. The maximum Gasteiger partial charge on any atom is 0.326 e. The average molecular weight is 509 g/mol. The lowest BCUT2D eigenvalue weighted by molar-refractivity contribution is -0.143. The standard InChI is InChI=1S/C21H28N6O7S/c22-12(9-35)18(30)27-16(8-28)20(32)25-14(19(31)26-15(21(33)34)6-17(23)29)5-10-7-24-13-4-2-1-3-11(10)13/h1-4,7,12,14-16,24,28,35H,5-6,8-9,22H2,(H2,23,29)(H,25,32)(H,26,31)(H,27,30)(H,33,34). The van der Waals surface area contributed by atoms with Gasteiger partial charge in [-0.05, 0) is 11.6 Å². The minimum Gasteiger partial charge on any atom is -0.480 e. The highest BCUT2D eigenvalue weighted by molar-refractivity contribution is 7.80. The molecule has 13 nitrogen and oxygen atoms in total. The number of hydrogen-bond acceptors (Lipinski definition) is 8. The lowest BCUT2D eigenvalue weighted by atomic mass is 10.0. The number of rotatable bonds is 13. The first-order valence-corrected chi connectivity index (χ1v) is 11.1. The van der Waals surface area contributed by atoms with E-state index < -0.39 is 66.8 Å². The maximum absolute atomic E-state index is 13.0. The van der Waals surface area contributed by atoms with Crippen LogP contribution in [0.2, 0.25) is 0 Å². The number of aliphatic hydroxyl groups is 1. The molecule has 0 aliphatic rings. The summed E-state index contributed by atoms with van der Waals surface area (Å²) in [5, 5.41) is 26.6. The molecule has 0 fully saturated rings. The zero-order chi connectivity index (χ0) is 26.1. The van der Waals surface area contributed by atoms with Crippen LogP contribution in [-0.2, 0) is 30.4 Å². The van der Waals surface area contributed by atoms with Crippen LogP contribution in [0.3, 0.4) is 0 Å². The second-order valence-corrected chi connectivity index (χ2v) is 8.09. The third kappa shape index (κ3) is 7.70. The first-order chi connectivity index (χ1) is 16.6. The Morgan fingerprint density at radius 1 is 0.971 bits per heavy atom. The molecule has 4 unspecified atom stereocenters. The molecule has 190 valence electrons.